The van der Waals surface area contributed by atoms with Gasteiger partial charge in [0, 0.05) is 18.0 Å². The van der Waals surface area contributed by atoms with Crippen LogP contribution in [0.25, 0.3) is 17.2 Å². The number of imidazole rings is 1. The number of pyridine rings is 1. The lowest BCUT2D eigenvalue weighted by Gasteiger charge is -2.18. The molecule has 0 fully saturated rings. The van der Waals surface area contributed by atoms with Gasteiger partial charge >= 0.3 is 0 Å². The fourth-order valence-electron chi connectivity index (χ4n) is 4.39. The van der Waals surface area contributed by atoms with Crippen LogP contribution in [0.3, 0.4) is 0 Å². The zero-order valence-corrected chi connectivity index (χ0v) is 21.4. The topological polar surface area (TPSA) is 111 Å². The van der Waals surface area contributed by atoms with E-state index in [2.05, 4.69) is 20.0 Å². The van der Waals surface area contributed by atoms with Crippen LogP contribution in [-0.2, 0) is 34.3 Å². The second-order valence-corrected chi connectivity index (χ2v) is 10.4. The quantitative estimate of drug-likeness (QED) is 0.381. The summed E-state index contributed by atoms with van der Waals surface area (Å²) in [6.07, 6.45) is 3.26. The molecule has 0 saturated heterocycles. The molecule has 1 aliphatic rings. The first-order chi connectivity index (χ1) is 17.6. The third-order valence-electron chi connectivity index (χ3n) is 6.29. The van der Waals surface area contributed by atoms with Gasteiger partial charge in [-0.05, 0) is 45.0 Å². The number of nitrogens with one attached hydrogen (secondary N) is 2. The number of halogens is 2. The Labute approximate surface area is 213 Å². The van der Waals surface area contributed by atoms with E-state index in [4.69, 9.17) is 9.72 Å². The van der Waals surface area contributed by atoms with Crippen molar-refractivity contribution in [3.05, 3.63) is 70.7 Å². The van der Waals surface area contributed by atoms with E-state index in [1.165, 1.54) is 24.5 Å². The summed E-state index contributed by atoms with van der Waals surface area (Å²) in [4.78, 5) is 26.6. The number of benzene rings is 1. The number of anilines is 1. The van der Waals surface area contributed by atoms with Crippen LogP contribution in [0.2, 0.25) is 0 Å². The molecule has 0 saturated carbocycles. The second kappa shape index (κ2) is 9.27. The van der Waals surface area contributed by atoms with E-state index in [0.29, 0.717) is 45.7 Å². The highest BCUT2D eigenvalue weighted by Gasteiger charge is 2.42. The molecule has 3 aromatic heterocycles. The Morgan fingerprint density at radius 3 is 2.57 bits per heavy atom. The van der Waals surface area contributed by atoms with Crippen LogP contribution in [-0.4, -0.2) is 35.7 Å². The third-order valence-corrected chi connectivity index (χ3v) is 6.84. The molecule has 1 aromatic carbocycles. The van der Waals surface area contributed by atoms with Crippen LogP contribution >= 0.6 is 0 Å². The van der Waals surface area contributed by atoms with Gasteiger partial charge in [0.15, 0.2) is 17.2 Å². The van der Waals surface area contributed by atoms with E-state index in [-0.39, 0.29) is 24.6 Å². The van der Waals surface area contributed by atoms with E-state index >= 15 is 0 Å². The molecule has 1 unspecified atom stereocenters. The molecule has 5 rings (SSSR count). The molecule has 0 bridgehead atoms. The lowest BCUT2D eigenvalue weighted by Crippen LogP contribution is -2.29. The van der Waals surface area contributed by atoms with Crippen LogP contribution in [0.15, 0.2) is 36.5 Å². The number of amides is 1. The van der Waals surface area contributed by atoms with Gasteiger partial charge in [-0.3, -0.25) is 9.20 Å². The summed E-state index contributed by atoms with van der Waals surface area (Å²) in [7, 11) is -1.29. The molecule has 9 nitrogen and oxygen atoms in total. The molecule has 0 aliphatic carbocycles. The number of nitrogens with zero attached hydrogens (tertiary/aromatic N) is 4. The number of rotatable bonds is 7. The first kappa shape index (κ1) is 24.9. The van der Waals surface area contributed by atoms with E-state index in [1.807, 2.05) is 0 Å². The van der Waals surface area contributed by atoms with Gasteiger partial charge in [0.1, 0.15) is 29.8 Å². The van der Waals surface area contributed by atoms with Crippen molar-refractivity contribution in [2.45, 2.75) is 39.3 Å². The summed E-state index contributed by atoms with van der Waals surface area (Å²) in [5, 5.41) is 2.83. The molecule has 1 aliphatic heterocycles. The smallest absolute Gasteiger partial charge is 0.235 e. The highest BCUT2D eigenvalue weighted by molar-refractivity contribution is 7.82. The summed E-state index contributed by atoms with van der Waals surface area (Å²) in [5.41, 5.74) is 1.68. The van der Waals surface area contributed by atoms with Gasteiger partial charge in [-0.2, -0.15) is 0 Å². The van der Waals surface area contributed by atoms with E-state index in [1.54, 1.807) is 43.5 Å². The Kier molecular flexibility index (Phi) is 6.24. The summed E-state index contributed by atoms with van der Waals surface area (Å²) >= 11 is 0. The minimum Gasteiger partial charge on any atom is -0.485 e. The predicted molar refractivity (Wildman–Crippen MR) is 134 cm³/mol. The van der Waals surface area contributed by atoms with Crippen molar-refractivity contribution in [1.82, 2.24) is 24.1 Å². The van der Waals surface area contributed by atoms with Crippen LogP contribution in [0.4, 0.5) is 14.6 Å². The zero-order chi connectivity index (χ0) is 26.5. The van der Waals surface area contributed by atoms with Gasteiger partial charge in [0.05, 0.1) is 39.9 Å². The fraction of sp³-hybridized carbons (Fsp3) is 0.280. The maximum Gasteiger partial charge on any atom is 0.235 e. The summed E-state index contributed by atoms with van der Waals surface area (Å²) in [6, 6.07) is 7.01. The number of carbonyl (C=O) groups is 1. The second-order valence-electron chi connectivity index (χ2n) is 9.17. The lowest BCUT2D eigenvalue weighted by atomic mass is 9.85. The highest BCUT2D eigenvalue weighted by atomic mass is 32.2. The minimum atomic E-state index is -1.29. The van der Waals surface area contributed by atoms with Gasteiger partial charge in [0.2, 0.25) is 5.91 Å². The Bertz CT molecular complexity index is 1570. The Morgan fingerprint density at radius 1 is 1.14 bits per heavy atom. The lowest BCUT2D eigenvalue weighted by molar-refractivity contribution is -0.119. The number of hydrogen-bond acceptors (Lipinski definition) is 6. The number of carbonyl (C=O) groups excluding carboxylic acids is 1. The van der Waals surface area contributed by atoms with Crippen molar-refractivity contribution < 1.29 is 22.5 Å². The molecule has 0 spiro atoms. The molecular weight excluding hydrogens is 502 g/mol. The summed E-state index contributed by atoms with van der Waals surface area (Å²) in [6.45, 7) is 5.19. The molecular formula is C25H24F2N6O3S. The number of ether oxygens (including phenoxy) is 1. The van der Waals surface area contributed by atoms with Crippen LogP contribution < -0.4 is 14.8 Å². The van der Waals surface area contributed by atoms with Crippen LogP contribution in [0.1, 0.15) is 36.4 Å². The molecule has 1 amide bonds. The first-order valence-electron chi connectivity index (χ1n) is 11.4. The SMILES string of the molecule is Cc1nc2c(OCc3c(F)cccc3F)cccn2c1-c1nc(CNS(C)=O)c2c(n1)NC(=O)C2(C)C. The predicted octanol–water partition coefficient (Wildman–Crippen LogP) is 3.57. The average molecular weight is 527 g/mol. The first-order valence-corrected chi connectivity index (χ1v) is 13.0. The molecule has 2 N–H and O–H groups in total. The van der Waals surface area contributed by atoms with Gasteiger partial charge in [-0.25, -0.2) is 32.7 Å². The largest absolute Gasteiger partial charge is 0.485 e. The Morgan fingerprint density at radius 2 is 1.86 bits per heavy atom. The van der Waals surface area contributed by atoms with Crippen molar-refractivity contribution in [3.63, 3.8) is 0 Å². The van der Waals surface area contributed by atoms with Gasteiger partial charge in [-0.15, -0.1) is 0 Å². The molecule has 4 aromatic rings. The van der Waals surface area contributed by atoms with Gasteiger partial charge in [0.25, 0.3) is 0 Å². The zero-order valence-electron chi connectivity index (χ0n) is 20.6. The molecule has 0 radical (unpaired) electrons. The highest BCUT2D eigenvalue weighted by Crippen LogP contribution is 2.39. The third kappa shape index (κ3) is 4.36. The van der Waals surface area contributed by atoms with Gasteiger partial charge < -0.3 is 10.1 Å². The molecule has 1 atom stereocenters. The van der Waals surface area contributed by atoms with Crippen molar-refractivity contribution in [2.24, 2.45) is 0 Å². The normalized spacial score (nSPS) is 15.0. The van der Waals surface area contributed by atoms with Crippen molar-refractivity contribution in [3.8, 4) is 17.3 Å². The number of aryl methyl sites for hydroxylation is 1. The number of hydrogen-bond donors (Lipinski definition) is 2. The maximum atomic E-state index is 14.1. The molecule has 37 heavy (non-hydrogen) atoms. The molecule has 192 valence electrons. The minimum absolute atomic E-state index is 0.164. The van der Waals surface area contributed by atoms with Crippen LogP contribution in [0, 0.1) is 18.6 Å². The van der Waals surface area contributed by atoms with Gasteiger partial charge in [-0.1, -0.05) is 6.07 Å². The monoisotopic (exact) mass is 526 g/mol. The standard InChI is InChI=1S/C25H24F2N6O3S/c1-13-20(22-30-17(11-28-37(4)35)19-21(31-22)32-24(34)25(19,2)3)33-10-6-9-18(23(33)29-13)36-12-14-15(26)7-5-8-16(14)27/h5-10,28H,11-12H2,1-4H3,(H,30,31,32,34). The number of fused-ring (bicyclic) bond motifs is 2. The Hall–Kier alpha value is -3.77. The van der Waals surface area contributed by atoms with Crippen molar-refractivity contribution in [2.75, 3.05) is 11.6 Å². The van der Waals surface area contributed by atoms with Crippen LogP contribution in [0.5, 0.6) is 5.75 Å². The van der Waals surface area contributed by atoms with Crippen molar-refractivity contribution >= 4 is 28.4 Å². The summed E-state index contributed by atoms with van der Waals surface area (Å²) in [5.74, 6) is -0.596. The maximum absolute atomic E-state index is 14.1. The molecule has 12 heteroatoms. The number of aromatic nitrogens is 4. The van der Waals surface area contributed by atoms with Crippen molar-refractivity contribution in [1.29, 1.82) is 0 Å². The van der Waals surface area contributed by atoms with E-state index in [0.717, 1.165) is 0 Å². The Balaban J connectivity index is 1.59. The summed E-state index contributed by atoms with van der Waals surface area (Å²) < 4.78 is 50.3. The van der Waals surface area contributed by atoms with E-state index < -0.39 is 28.0 Å². The average Bonchev–Trinajstić information content (AvgIpc) is 3.29. The molecule has 4 heterocycles. The van der Waals surface area contributed by atoms with E-state index in [9.17, 15) is 17.8 Å². The fourth-order valence-corrected chi connectivity index (χ4v) is 4.73.